The van der Waals surface area contributed by atoms with Crippen molar-refractivity contribution in [2.45, 2.75) is 45.4 Å². The van der Waals surface area contributed by atoms with E-state index in [1.807, 2.05) is 42.5 Å². The number of rotatable bonds is 3. The number of fused-ring (bicyclic) bond motifs is 3. The van der Waals surface area contributed by atoms with Crippen molar-refractivity contribution in [1.29, 1.82) is 0 Å². The molecule has 1 saturated carbocycles. The summed E-state index contributed by atoms with van der Waals surface area (Å²) < 4.78 is 17.9. The van der Waals surface area contributed by atoms with E-state index in [0.29, 0.717) is 5.69 Å². The third-order valence-corrected chi connectivity index (χ3v) is 7.50. The average molecular weight is 459 g/mol. The van der Waals surface area contributed by atoms with Gasteiger partial charge in [0.25, 0.3) is 0 Å². The van der Waals surface area contributed by atoms with Crippen LogP contribution in [0.5, 0.6) is 0 Å². The van der Waals surface area contributed by atoms with E-state index in [9.17, 15) is 0 Å². The maximum absolute atomic E-state index is 9.07. The van der Waals surface area contributed by atoms with Crippen LogP contribution in [0.15, 0.2) is 71.3 Å². The second-order valence-electron chi connectivity index (χ2n) is 9.73. The van der Waals surface area contributed by atoms with Crippen LogP contribution in [-0.2, 0) is 7.05 Å². The molecule has 0 aliphatic heterocycles. The molecule has 2 heterocycles. The Kier molecular flexibility index (Phi) is 4.91. The van der Waals surface area contributed by atoms with E-state index < -0.39 is 5.89 Å². The molecule has 3 aromatic carbocycles. The third kappa shape index (κ3) is 3.44. The van der Waals surface area contributed by atoms with E-state index >= 15 is 0 Å². The van der Waals surface area contributed by atoms with Gasteiger partial charge in [0.1, 0.15) is 18.2 Å². The first-order valence-corrected chi connectivity index (χ1v) is 12.3. The molecule has 5 aromatic rings. The molecule has 6 rings (SSSR count). The van der Waals surface area contributed by atoms with Gasteiger partial charge in [0.15, 0.2) is 11.9 Å². The molecule has 172 valence electrons. The molecule has 3 nitrogen and oxygen atoms in total. The van der Waals surface area contributed by atoms with Crippen LogP contribution in [0.1, 0.15) is 49.6 Å². The minimum absolute atomic E-state index is 0.485. The van der Waals surface area contributed by atoms with Crippen LogP contribution in [0.2, 0.25) is 0 Å². The molecule has 0 radical (unpaired) electrons. The van der Waals surface area contributed by atoms with Gasteiger partial charge in [-0.2, -0.15) is 0 Å². The molecule has 3 heteroatoms. The second-order valence-corrected chi connectivity index (χ2v) is 9.73. The summed E-state index contributed by atoms with van der Waals surface area (Å²) in [6.07, 6.45) is 6.27. The van der Waals surface area contributed by atoms with Gasteiger partial charge >= 0.3 is 0 Å². The molecule has 2 aromatic heterocycles. The Morgan fingerprint density at radius 3 is 2.31 bits per heavy atom. The van der Waals surface area contributed by atoms with Crippen LogP contribution in [-0.4, -0.2) is 0 Å². The number of nitrogens with zero attached hydrogens (tertiary/aromatic N) is 2. The molecule has 0 spiro atoms. The largest absolute Gasteiger partial charge is 0.456 e. The predicted octanol–water partition coefficient (Wildman–Crippen LogP) is 8.57. The van der Waals surface area contributed by atoms with E-state index in [1.54, 1.807) is 0 Å². The van der Waals surface area contributed by atoms with Crippen molar-refractivity contribution in [3.05, 3.63) is 95.0 Å². The predicted molar refractivity (Wildman–Crippen MR) is 143 cm³/mol. The molecule has 0 N–H and O–H groups in total. The molecule has 1 fully saturated rings. The van der Waals surface area contributed by atoms with Crippen LogP contribution in [0.25, 0.3) is 49.2 Å². The molecule has 0 amide bonds. The van der Waals surface area contributed by atoms with Crippen molar-refractivity contribution in [3.63, 3.8) is 0 Å². The summed E-state index contributed by atoms with van der Waals surface area (Å²) in [4.78, 5) is 3.81. The highest BCUT2D eigenvalue weighted by atomic mass is 16.3. The average Bonchev–Trinajstić information content (AvgIpc) is 3.49. The highest BCUT2D eigenvalue weighted by molar-refractivity contribution is 6.15. The van der Waals surface area contributed by atoms with E-state index in [2.05, 4.69) is 54.7 Å². The summed E-state index contributed by atoms with van der Waals surface area (Å²) in [7, 11) is 2.07. The van der Waals surface area contributed by atoms with Crippen LogP contribution < -0.4 is 4.57 Å². The number of aryl methyl sites for hydroxylation is 3. The Balaban J connectivity index is 1.63. The van der Waals surface area contributed by atoms with Crippen molar-refractivity contribution in [1.82, 2.24) is 0 Å². The summed E-state index contributed by atoms with van der Waals surface area (Å²) in [5.74, 6) is -0.485. The Labute approximate surface area is 207 Å². The summed E-state index contributed by atoms with van der Waals surface area (Å²) in [5.41, 5.74) is 9.58. The van der Waals surface area contributed by atoms with Crippen molar-refractivity contribution in [2.24, 2.45) is 7.05 Å². The van der Waals surface area contributed by atoms with E-state index in [-0.39, 0.29) is 0 Å². The van der Waals surface area contributed by atoms with Crippen LogP contribution in [0.3, 0.4) is 0 Å². The van der Waals surface area contributed by atoms with Crippen LogP contribution in [0, 0.1) is 20.4 Å². The summed E-state index contributed by atoms with van der Waals surface area (Å²) in [6, 6.07) is 20.5. The first kappa shape index (κ1) is 20.5. The van der Waals surface area contributed by atoms with Crippen molar-refractivity contribution in [2.75, 3.05) is 0 Å². The first-order chi connectivity index (χ1) is 17.4. The summed E-state index contributed by atoms with van der Waals surface area (Å²) in [5, 5.41) is 2.07. The smallest absolute Gasteiger partial charge is 0.216 e. The topological polar surface area (TPSA) is 21.4 Å². The molecule has 0 saturated heterocycles. The lowest BCUT2D eigenvalue weighted by atomic mass is 9.93. The fourth-order valence-corrected chi connectivity index (χ4v) is 5.73. The quantitative estimate of drug-likeness (QED) is 0.196. The fraction of sp³-hybridized carbons (Fsp3) is 0.250. The van der Waals surface area contributed by atoms with Crippen molar-refractivity contribution >= 4 is 27.6 Å². The Hall–Kier alpha value is -3.90. The molecule has 1 aliphatic rings. The molecule has 0 unspecified atom stereocenters. The Bertz CT molecular complexity index is 1690. The van der Waals surface area contributed by atoms with Gasteiger partial charge in [-0.05, 0) is 49.3 Å². The lowest BCUT2D eigenvalue weighted by molar-refractivity contribution is -0.660. The highest BCUT2D eigenvalue weighted by Crippen LogP contribution is 2.44. The SMILES string of the molecule is [2H]C1(c2c[n+](C)c(-c3c(C)ccc4c3oc3c(-c5ccccc5)c([N+]#[C-])ccc34)cc2C)CCCC1. The van der Waals surface area contributed by atoms with Gasteiger partial charge in [-0.15, -0.1) is 0 Å². The van der Waals surface area contributed by atoms with E-state index in [0.717, 1.165) is 86.7 Å². The standard InChI is InChI=1S/C32H29N2O/c1-20-14-15-24-25-16-17-27(33-3)30(23-12-6-5-7-13-23)32(25)35-31(24)29(20)28-18-21(2)26(19-34(28)4)22-10-8-9-11-22/h5-7,12-19,22H,8-11H2,1-2,4H3/q+1/i22D. The lowest BCUT2D eigenvalue weighted by Crippen LogP contribution is -2.32. The van der Waals surface area contributed by atoms with Gasteiger partial charge in [-0.1, -0.05) is 67.4 Å². The number of aromatic nitrogens is 1. The second kappa shape index (κ2) is 8.40. The van der Waals surface area contributed by atoms with Gasteiger partial charge in [-0.3, -0.25) is 0 Å². The Morgan fingerprint density at radius 2 is 1.60 bits per heavy atom. The maximum atomic E-state index is 9.07. The monoisotopic (exact) mass is 458 g/mol. The van der Waals surface area contributed by atoms with Gasteiger partial charge in [0.05, 0.1) is 12.1 Å². The lowest BCUT2D eigenvalue weighted by Gasteiger charge is -2.13. The van der Waals surface area contributed by atoms with Crippen molar-refractivity contribution < 1.29 is 10.4 Å². The zero-order valence-corrected chi connectivity index (χ0v) is 20.5. The first-order valence-electron chi connectivity index (χ1n) is 12.8. The number of pyridine rings is 1. The maximum Gasteiger partial charge on any atom is 0.216 e. The molecule has 35 heavy (non-hydrogen) atoms. The van der Waals surface area contributed by atoms with Gasteiger partial charge in [-0.25, -0.2) is 9.41 Å². The van der Waals surface area contributed by atoms with Crippen molar-refractivity contribution in [3.8, 4) is 22.4 Å². The Morgan fingerprint density at radius 1 is 0.914 bits per heavy atom. The molecular weight excluding hydrogens is 428 g/mol. The number of hydrogen-bond acceptors (Lipinski definition) is 1. The minimum Gasteiger partial charge on any atom is -0.456 e. The molecular formula is C32H29N2O+. The summed E-state index contributed by atoms with van der Waals surface area (Å²) >= 11 is 0. The van der Waals surface area contributed by atoms with Crippen LogP contribution >= 0.6 is 0 Å². The van der Waals surface area contributed by atoms with Crippen LogP contribution in [0.4, 0.5) is 5.69 Å². The van der Waals surface area contributed by atoms with E-state index in [1.165, 1.54) is 0 Å². The van der Waals surface area contributed by atoms with E-state index in [4.69, 9.17) is 12.4 Å². The highest BCUT2D eigenvalue weighted by Gasteiger charge is 2.26. The third-order valence-electron chi connectivity index (χ3n) is 7.50. The number of furan rings is 1. The zero-order valence-electron chi connectivity index (χ0n) is 21.5. The summed E-state index contributed by atoms with van der Waals surface area (Å²) in [6.45, 7) is 12.0. The van der Waals surface area contributed by atoms with Gasteiger partial charge < -0.3 is 4.42 Å². The minimum atomic E-state index is -0.485. The van der Waals surface area contributed by atoms with Gasteiger partial charge in [0.2, 0.25) is 5.69 Å². The number of benzene rings is 3. The molecule has 0 bridgehead atoms. The molecule has 1 aliphatic carbocycles. The fourth-order valence-electron chi connectivity index (χ4n) is 5.73. The normalized spacial score (nSPS) is 15.4. The number of hydrogen-bond donors (Lipinski definition) is 0. The van der Waals surface area contributed by atoms with Gasteiger partial charge in [0, 0.05) is 29.3 Å². The molecule has 0 atom stereocenters. The zero-order chi connectivity index (χ0) is 25.0.